The maximum atomic E-state index is 11.8. The van der Waals surface area contributed by atoms with Crippen LogP contribution in [0.25, 0.3) is 0 Å². The van der Waals surface area contributed by atoms with Gasteiger partial charge in [0.1, 0.15) is 5.75 Å². The second kappa shape index (κ2) is 4.76. The molecule has 0 aliphatic carbocycles. The van der Waals surface area contributed by atoms with Crippen molar-refractivity contribution in [2.75, 3.05) is 6.54 Å². The van der Waals surface area contributed by atoms with Crippen LogP contribution >= 0.6 is 0 Å². The third kappa shape index (κ3) is 2.20. The summed E-state index contributed by atoms with van der Waals surface area (Å²) in [4.78, 5) is 22.2. The fraction of sp³-hybridized carbons (Fsp3) is 0.462. The average Bonchev–Trinajstić information content (AvgIpc) is 2.30. The number of hydrogen-bond donors (Lipinski definition) is 0. The van der Waals surface area contributed by atoms with Crippen LogP contribution < -0.4 is 4.74 Å². The number of benzene rings is 1. The van der Waals surface area contributed by atoms with E-state index in [9.17, 15) is 14.9 Å². The van der Waals surface area contributed by atoms with Gasteiger partial charge in [-0.25, -0.2) is 0 Å². The van der Waals surface area contributed by atoms with Crippen LogP contribution in [0.5, 0.6) is 5.75 Å². The lowest BCUT2D eigenvalue weighted by Crippen LogP contribution is -2.34. The molecular formula is C13H15NO4. The number of esters is 1. The largest absolute Gasteiger partial charge is 0.426 e. The molecule has 1 aromatic rings. The Balaban J connectivity index is 2.47. The minimum Gasteiger partial charge on any atom is -0.426 e. The van der Waals surface area contributed by atoms with E-state index in [4.69, 9.17) is 4.74 Å². The summed E-state index contributed by atoms with van der Waals surface area (Å²) < 4.78 is 5.24. The van der Waals surface area contributed by atoms with Crippen molar-refractivity contribution >= 4 is 5.97 Å². The van der Waals surface area contributed by atoms with Gasteiger partial charge >= 0.3 is 5.97 Å². The van der Waals surface area contributed by atoms with Gasteiger partial charge in [-0.3, -0.25) is 14.9 Å². The third-order valence-corrected chi connectivity index (χ3v) is 3.35. The number of fused-ring (bicyclic) bond motifs is 1. The van der Waals surface area contributed by atoms with E-state index in [1.54, 1.807) is 6.07 Å². The molecule has 0 saturated heterocycles. The smallest absolute Gasteiger partial charge is 0.315 e. The van der Waals surface area contributed by atoms with Gasteiger partial charge < -0.3 is 4.74 Å². The summed E-state index contributed by atoms with van der Waals surface area (Å²) in [6.45, 7) is 3.53. The lowest BCUT2D eigenvalue weighted by atomic mass is 9.81. The highest BCUT2D eigenvalue weighted by atomic mass is 16.6. The van der Waals surface area contributed by atoms with E-state index < -0.39 is 5.92 Å². The highest BCUT2D eigenvalue weighted by molar-refractivity contribution is 5.79. The Kier molecular flexibility index (Phi) is 3.32. The predicted molar refractivity (Wildman–Crippen MR) is 65.2 cm³/mol. The average molecular weight is 249 g/mol. The number of ether oxygens (including phenoxy) is 1. The molecule has 0 unspecified atom stereocenters. The Bertz CT molecular complexity index is 498. The molecule has 0 amide bonds. The molecule has 0 aromatic heterocycles. The van der Waals surface area contributed by atoms with E-state index in [0.29, 0.717) is 12.2 Å². The first kappa shape index (κ1) is 12.5. The van der Waals surface area contributed by atoms with Crippen molar-refractivity contribution in [2.45, 2.75) is 26.2 Å². The minimum absolute atomic E-state index is 0.232. The lowest BCUT2D eigenvalue weighted by molar-refractivity contribution is -0.484. The van der Waals surface area contributed by atoms with Crippen LogP contribution in [0.1, 0.15) is 30.4 Å². The topological polar surface area (TPSA) is 69.4 Å². The van der Waals surface area contributed by atoms with Gasteiger partial charge in [-0.05, 0) is 19.4 Å². The second-order valence-electron chi connectivity index (χ2n) is 4.60. The van der Waals surface area contributed by atoms with Crippen LogP contribution in [0.4, 0.5) is 0 Å². The van der Waals surface area contributed by atoms with E-state index in [2.05, 4.69) is 0 Å². The molecule has 0 N–H and O–H groups in total. The summed E-state index contributed by atoms with van der Waals surface area (Å²) in [5, 5.41) is 10.8. The minimum atomic E-state index is -0.426. The lowest BCUT2D eigenvalue weighted by Gasteiger charge is -2.29. The number of hydrogen-bond acceptors (Lipinski definition) is 4. The Morgan fingerprint density at radius 2 is 2.11 bits per heavy atom. The van der Waals surface area contributed by atoms with Crippen LogP contribution in [0.2, 0.25) is 0 Å². The van der Waals surface area contributed by atoms with Gasteiger partial charge in [0.15, 0.2) is 0 Å². The molecule has 2 atom stereocenters. The first-order chi connectivity index (χ1) is 8.52. The highest BCUT2D eigenvalue weighted by Gasteiger charge is 2.39. The summed E-state index contributed by atoms with van der Waals surface area (Å²) in [5.74, 6) is -0.714. The monoisotopic (exact) mass is 249 g/mol. The summed E-state index contributed by atoms with van der Waals surface area (Å²) in [6.07, 6.45) is 0.546. The Morgan fingerprint density at radius 1 is 1.39 bits per heavy atom. The van der Waals surface area contributed by atoms with Gasteiger partial charge in [0.25, 0.3) is 0 Å². The van der Waals surface area contributed by atoms with Gasteiger partial charge in [0, 0.05) is 10.5 Å². The maximum Gasteiger partial charge on any atom is 0.315 e. The van der Waals surface area contributed by atoms with Gasteiger partial charge in [-0.2, -0.15) is 0 Å². The number of aryl methyl sites for hydroxylation is 1. The number of nitrogens with zero attached hydrogens (tertiary/aromatic N) is 1. The summed E-state index contributed by atoms with van der Waals surface area (Å²) in [5.41, 5.74) is 1.79. The first-order valence-corrected chi connectivity index (χ1v) is 5.97. The van der Waals surface area contributed by atoms with E-state index in [0.717, 1.165) is 11.1 Å². The van der Waals surface area contributed by atoms with E-state index in [1.165, 1.54) is 0 Å². The van der Waals surface area contributed by atoms with Gasteiger partial charge in [0.2, 0.25) is 6.54 Å². The number of nitro groups is 1. The molecule has 1 aromatic carbocycles. The molecule has 0 spiro atoms. The first-order valence-electron chi connectivity index (χ1n) is 5.97. The van der Waals surface area contributed by atoms with Crippen molar-refractivity contribution in [2.24, 2.45) is 5.92 Å². The van der Waals surface area contributed by atoms with Crippen LogP contribution in [-0.2, 0) is 4.79 Å². The van der Waals surface area contributed by atoms with Gasteiger partial charge in [0.05, 0.1) is 11.8 Å². The molecule has 5 nitrogen and oxygen atoms in total. The maximum absolute atomic E-state index is 11.8. The van der Waals surface area contributed by atoms with E-state index in [-0.39, 0.29) is 23.4 Å². The highest BCUT2D eigenvalue weighted by Crippen LogP contribution is 2.39. The fourth-order valence-electron chi connectivity index (χ4n) is 2.45. The zero-order chi connectivity index (χ0) is 13.3. The van der Waals surface area contributed by atoms with Gasteiger partial charge in [-0.1, -0.05) is 24.6 Å². The van der Waals surface area contributed by atoms with E-state index in [1.807, 2.05) is 26.0 Å². The molecule has 1 aliphatic rings. The van der Waals surface area contributed by atoms with Crippen LogP contribution in [0.15, 0.2) is 18.2 Å². The predicted octanol–water partition coefficient (Wildman–Crippen LogP) is 2.30. The van der Waals surface area contributed by atoms with Crippen LogP contribution in [0.3, 0.4) is 0 Å². The zero-order valence-corrected chi connectivity index (χ0v) is 10.4. The molecule has 0 fully saturated rings. The molecular weight excluding hydrogens is 234 g/mol. The molecule has 1 heterocycles. The van der Waals surface area contributed by atoms with Crippen molar-refractivity contribution in [3.05, 3.63) is 39.4 Å². The Hall–Kier alpha value is -1.91. The summed E-state index contributed by atoms with van der Waals surface area (Å²) >= 11 is 0. The molecule has 1 aliphatic heterocycles. The molecule has 5 heteroatoms. The molecule has 18 heavy (non-hydrogen) atoms. The Labute approximate surface area is 105 Å². The summed E-state index contributed by atoms with van der Waals surface area (Å²) in [6, 6.07) is 5.42. The standard InChI is InChI=1S/C13H15NO4/c1-3-9-11(7-14(16)17)10-6-8(2)4-5-12(10)18-13(9)15/h4-6,9,11H,3,7H2,1-2H3/t9-,11+/m1/s1. The number of rotatable bonds is 3. The quantitative estimate of drug-likeness (QED) is 0.356. The molecule has 0 bridgehead atoms. The fourth-order valence-corrected chi connectivity index (χ4v) is 2.45. The second-order valence-corrected chi connectivity index (χ2v) is 4.60. The van der Waals surface area contributed by atoms with Crippen molar-refractivity contribution in [3.8, 4) is 5.75 Å². The number of carbonyl (C=O) groups excluding carboxylic acids is 1. The molecule has 96 valence electrons. The SMILES string of the molecule is CC[C@H]1C(=O)Oc2ccc(C)cc2[C@H]1C[N+](=O)[O-]. The van der Waals surface area contributed by atoms with Crippen molar-refractivity contribution in [1.29, 1.82) is 0 Å². The van der Waals surface area contributed by atoms with Crippen molar-refractivity contribution in [3.63, 3.8) is 0 Å². The van der Waals surface area contributed by atoms with Crippen molar-refractivity contribution in [1.82, 2.24) is 0 Å². The van der Waals surface area contributed by atoms with E-state index >= 15 is 0 Å². The molecule has 2 rings (SSSR count). The van der Waals surface area contributed by atoms with Crippen LogP contribution in [0, 0.1) is 23.0 Å². The van der Waals surface area contributed by atoms with Gasteiger partial charge in [-0.15, -0.1) is 0 Å². The normalized spacial score (nSPS) is 22.2. The number of carbonyl (C=O) groups is 1. The molecule has 0 radical (unpaired) electrons. The van der Waals surface area contributed by atoms with Crippen LogP contribution in [-0.4, -0.2) is 17.4 Å². The zero-order valence-electron chi connectivity index (χ0n) is 10.4. The third-order valence-electron chi connectivity index (χ3n) is 3.35. The Morgan fingerprint density at radius 3 is 2.72 bits per heavy atom. The van der Waals surface area contributed by atoms with Crippen molar-refractivity contribution < 1.29 is 14.5 Å². The molecule has 0 saturated carbocycles. The summed E-state index contributed by atoms with van der Waals surface area (Å²) in [7, 11) is 0.